The van der Waals surface area contributed by atoms with Crippen LogP contribution in [-0.4, -0.2) is 6.04 Å². The summed E-state index contributed by atoms with van der Waals surface area (Å²) in [5.74, 6) is 0.629. The van der Waals surface area contributed by atoms with Gasteiger partial charge in [-0.15, -0.1) is 11.8 Å². The lowest BCUT2D eigenvalue weighted by Gasteiger charge is -2.08. The van der Waals surface area contributed by atoms with Crippen LogP contribution in [0.1, 0.15) is 18.1 Å². The topological polar surface area (TPSA) is 26.0 Å². The highest BCUT2D eigenvalue weighted by molar-refractivity contribution is 7.98. The van der Waals surface area contributed by atoms with E-state index in [1.807, 2.05) is 37.3 Å². The molecule has 0 fully saturated rings. The zero-order chi connectivity index (χ0) is 13.7. The van der Waals surface area contributed by atoms with Crippen molar-refractivity contribution >= 4 is 11.8 Å². The molecule has 0 saturated carbocycles. The number of hydrogen-bond donors (Lipinski definition) is 1. The molecule has 0 aliphatic carbocycles. The highest BCUT2D eigenvalue weighted by Gasteiger charge is 2.06. The number of hydrogen-bond acceptors (Lipinski definition) is 2. The Labute approximate surface area is 118 Å². The predicted octanol–water partition coefficient (Wildman–Crippen LogP) is 4.01. The summed E-state index contributed by atoms with van der Waals surface area (Å²) >= 11 is 1.52. The molecule has 100 valence electrons. The molecule has 2 N–H and O–H groups in total. The number of halogens is 1. The van der Waals surface area contributed by atoms with Gasteiger partial charge >= 0.3 is 0 Å². The molecule has 0 amide bonds. The van der Waals surface area contributed by atoms with E-state index in [4.69, 9.17) is 5.73 Å². The maximum Gasteiger partial charge on any atom is 0.137 e. The van der Waals surface area contributed by atoms with Crippen LogP contribution in [-0.2, 0) is 12.2 Å². The minimum absolute atomic E-state index is 0.0576. The molecule has 0 spiro atoms. The minimum atomic E-state index is -0.154. The molecule has 0 bridgehead atoms. The second-order valence-electron chi connectivity index (χ2n) is 4.72. The molecule has 0 saturated heterocycles. The van der Waals surface area contributed by atoms with Crippen LogP contribution in [0.15, 0.2) is 53.4 Å². The van der Waals surface area contributed by atoms with Crippen molar-refractivity contribution in [1.29, 1.82) is 0 Å². The summed E-state index contributed by atoms with van der Waals surface area (Å²) in [4.78, 5) is 0.692. The third kappa shape index (κ3) is 4.37. The van der Waals surface area contributed by atoms with Crippen LogP contribution in [0.4, 0.5) is 4.39 Å². The molecule has 2 rings (SSSR count). The molecule has 3 heteroatoms. The van der Waals surface area contributed by atoms with Gasteiger partial charge in [0.05, 0.1) is 0 Å². The highest BCUT2D eigenvalue weighted by atomic mass is 32.2. The van der Waals surface area contributed by atoms with E-state index in [0.717, 1.165) is 11.3 Å². The van der Waals surface area contributed by atoms with E-state index >= 15 is 0 Å². The predicted molar refractivity (Wildman–Crippen MR) is 79.8 cm³/mol. The first-order valence-corrected chi connectivity index (χ1v) is 7.34. The summed E-state index contributed by atoms with van der Waals surface area (Å²) in [6.07, 6.45) is 0.709. The fourth-order valence-corrected chi connectivity index (χ4v) is 2.77. The Morgan fingerprint density at radius 1 is 1.11 bits per heavy atom. The maximum absolute atomic E-state index is 13.9. The average Bonchev–Trinajstić information content (AvgIpc) is 2.38. The molecule has 1 unspecified atom stereocenters. The van der Waals surface area contributed by atoms with Crippen molar-refractivity contribution in [3.8, 4) is 0 Å². The Balaban J connectivity index is 2.01. The molecule has 0 heterocycles. The smallest absolute Gasteiger partial charge is 0.137 e. The Morgan fingerprint density at radius 2 is 1.84 bits per heavy atom. The second kappa shape index (κ2) is 6.73. The number of benzene rings is 2. The van der Waals surface area contributed by atoms with Gasteiger partial charge in [0.2, 0.25) is 0 Å². The van der Waals surface area contributed by atoms with Gasteiger partial charge in [-0.2, -0.15) is 0 Å². The largest absolute Gasteiger partial charge is 0.328 e. The molecular formula is C16H18FNS. The molecule has 0 aliphatic rings. The first kappa shape index (κ1) is 14.1. The zero-order valence-electron chi connectivity index (χ0n) is 11.0. The van der Waals surface area contributed by atoms with Gasteiger partial charge in [-0.1, -0.05) is 36.4 Å². The summed E-state index contributed by atoms with van der Waals surface area (Å²) in [6, 6.07) is 15.5. The number of rotatable bonds is 5. The van der Waals surface area contributed by atoms with Crippen molar-refractivity contribution in [3.05, 3.63) is 65.5 Å². The standard InChI is InChI=1S/C16H18FNS/c1-12(18)9-14-7-8-16(15(17)10-14)19-11-13-5-3-2-4-6-13/h2-8,10,12H,9,11,18H2,1H3. The fraction of sp³-hybridized carbons (Fsp3) is 0.250. The van der Waals surface area contributed by atoms with Crippen LogP contribution in [0.25, 0.3) is 0 Å². The van der Waals surface area contributed by atoms with Crippen molar-refractivity contribution in [2.45, 2.75) is 30.0 Å². The molecule has 0 aliphatic heterocycles. The van der Waals surface area contributed by atoms with Crippen molar-refractivity contribution < 1.29 is 4.39 Å². The highest BCUT2D eigenvalue weighted by Crippen LogP contribution is 2.26. The molecular weight excluding hydrogens is 257 g/mol. The van der Waals surface area contributed by atoms with Crippen LogP contribution < -0.4 is 5.73 Å². The van der Waals surface area contributed by atoms with E-state index in [1.165, 1.54) is 17.3 Å². The molecule has 1 nitrogen and oxygen atoms in total. The molecule has 0 radical (unpaired) electrons. The monoisotopic (exact) mass is 275 g/mol. The van der Waals surface area contributed by atoms with Crippen molar-refractivity contribution in [3.63, 3.8) is 0 Å². The summed E-state index contributed by atoms with van der Waals surface area (Å²) < 4.78 is 13.9. The Hall–Kier alpha value is -1.32. The van der Waals surface area contributed by atoms with E-state index < -0.39 is 0 Å². The molecule has 1 atom stereocenters. The van der Waals surface area contributed by atoms with Gasteiger partial charge < -0.3 is 5.73 Å². The zero-order valence-corrected chi connectivity index (χ0v) is 11.8. The lowest BCUT2D eigenvalue weighted by molar-refractivity contribution is 0.597. The quantitative estimate of drug-likeness (QED) is 0.834. The molecule has 2 aromatic carbocycles. The van der Waals surface area contributed by atoms with Crippen LogP contribution in [0.2, 0.25) is 0 Å². The summed E-state index contributed by atoms with van der Waals surface area (Å²) in [6.45, 7) is 1.93. The van der Waals surface area contributed by atoms with Crippen LogP contribution in [0, 0.1) is 5.82 Å². The molecule has 0 aromatic heterocycles. The minimum Gasteiger partial charge on any atom is -0.328 e. The number of thioether (sulfide) groups is 1. The average molecular weight is 275 g/mol. The van der Waals surface area contributed by atoms with Gasteiger partial charge in [-0.05, 0) is 36.6 Å². The SMILES string of the molecule is CC(N)Cc1ccc(SCc2ccccc2)c(F)c1. The summed E-state index contributed by atoms with van der Waals surface area (Å²) in [5.41, 5.74) is 7.88. The van der Waals surface area contributed by atoms with Crippen LogP contribution in [0.5, 0.6) is 0 Å². The Kier molecular flexibility index (Phi) is 5.00. The first-order valence-electron chi connectivity index (χ1n) is 6.36. The van der Waals surface area contributed by atoms with Crippen molar-refractivity contribution in [2.75, 3.05) is 0 Å². The molecule has 19 heavy (non-hydrogen) atoms. The third-order valence-electron chi connectivity index (χ3n) is 2.79. The van der Waals surface area contributed by atoms with E-state index in [-0.39, 0.29) is 11.9 Å². The first-order chi connectivity index (χ1) is 9.15. The van der Waals surface area contributed by atoms with Crippen LogP contribution in [0.3, 0.4) is 0 Å². The molecule has 2 aromatic rings. The fourth-order valence-electron chi connectivity index (χ4n) is 1.90. The number of nitrogens with two attached hydrogens (primary N) is 1. The van der Waals surface area contributed by atoms with Crippen molar-refractivity contribution in [2.24, 2.45) is 5.73 Å². The summed E-state index contributed by atoms with van der Waals surface area (Å²) in [5, 5.41) is 0. The van der Waals surface area contributed by atoms with Gasteiger partial charge in [-0.3, -0.25) is 0 Å². The van der Waals surface area contributed by atoms with Gasteiger partial charge in [0.1, 0.15) is 5.82 Å². The third-order valence-corrected chi connectivity index (χ3v) is 3.91. The van der Waals surface area contributed by atoms with Gasteiger partial charge in [0.25, 0.3) is 0 Å². The van der Waals surface area contributed by atoms with Gasteiger partial charge in [-0.25, -0.2) is 4.39 Å². The van der Waals surface area contributed by atoms with E-state index in [2.05, 4.69) is 12.1 Å². The Morgan fingerprint density at radius 3 is 2.47 bits per heavy atom. The maximum atomic E-state index is 13.9. The normalized spacial score (nSPS) is 12.4. The Bertz CT molecular complexity index is 526. The van der Waals surface area contributed by atoms with E-state index in [9.17, 15) is 4.39 Å². The summed E-state index contributed by atoms with van der Waals surface area (Å²) in [7, 11) is 0. The van der Waals surface area contributed by atoms with Gasteiger partial charge in [0.15, 0.2) is 0 Å². The van der Waals surface area contributed by atoms with Gasteiger partial charge in [0, 0.05) is 16.7 Å². The van der Waals surface area contributed by atoms with Crippen LogP contribution >= 0.6 is 11.8 Å². The van der Waals surface area contributed by atoms with E-state index in [0.29, 0.717) is 11.3 Å². The lowest BCUT2D eigenvalue weighted by atomic mass is 10.1. The van der Waals surface area contributed by atoms with Crippen molar-refractivity contribution in [1.82, 2.24) is 0 Å². The lowest BCUT2D eigenvalue weighted by Crippen LogP contribution is -2.17. The second-order valence-corrected chi connectivity index (χ2v) is 5.74. The van der Waals surface area contributed by atoms with E-state index in [1.54, 1.807) is 6.07 Å².